The van der Waals surface area contributed by atoms with Gasteiger partial charge in [-0.25, -0.2) is 4.79 Å². The number of hydrogen-bond donors (Lipinski definition) is 1. The van der Waals surface area contributed by atoms with Gasteiger partial charge in [-0.1, -0.05) is 6.07 Å². The fourth-order valence-electron chi connectivity index (χ4n) is 1.30. The average molecular weight is 206 g/mol. The molecule has 0 fully saturated rings. The van der Waals surface area contributed by atoms with Crippen LogP contribution in [-0.4, -0.2) is 18.8 Å². The lowest BCUT2D eigenvalue weighted by molar-refractivity contribution is 0.0600. The van der Waals surface area contributed by atoms with E-state index in [0.717, 1.165) is 16.8 Å². The van der Waals surface area contributed by atoms with Crippen LogP contribution < -0.4 is 5.84 Å². The van der Waals surface area contributed by atoms with Gasteiger partial charge in [0.25, 0.3) is 0 Å². The first-order valence-electron chi connectivity index (χ1n) is 4.54. The van der Waals surface area contributed by atoms with Crippen molar-refractivity contribution >= 4 is 11.7 Å². The molecule has 0 atom stereocenters. The van der Waals surface area contributed by atoms with Crippen molar-refractivity contribution in [3.63, 3.8) is 0 Å². The van der Waals surface area contributed by atoms with Gasteiger partial charge < -0.3 is 10.6 Å². The zero-order valence-corrected chi connectivity index (χ0v) is 9.07. The van der Waals surface area contributed by atoms with Gasteiger partial charge in [0.15, 0.2) is 0 Å². The molecule has 0 bridgehead atoms. The lowest BCUT2D eigenvalue weighted by atomic mass is 10.0. The highest BCUT2D eigenvalue weighted by atomic mass is 16.5. The molecule has 1 rings (SSSR count). The number of hydrazone groups is 1. The van der Waals surface area contributed by atoms with Crippen molar-refractivity contribution in [2.24, 2.45) is 10.9 Å². The molecular formula is C11H14N2O2. The van der Waals surface area contributed by atoms with Crippen LogP contribution in [0.1, 0.15) is 28.4 Å². The molecule has 0 saturated heterocycles. The molecule has 80 valence electrons. The topological polar surface area (TPSA) is 64.7 Å². The number of aryl methyl sites for hydroxylation is 1. The smallest absolute Gasteiger partial charge is 0.338 e. The third-order valence-electron chi connectivity index (χ3n) is 2.24. The monoisotopic (exact) mass is 206 g/mol. The van der Waals surface area contributed by atoms with Gasteiger partial charge in [-0.3, -0.25) is 0 Å². The molecule has 0 heterocycles. The molecule has 0 saturated carbocycles. The highest BCUT2D eigenvalue weighted by molar-refractivity contribution is 6.00. The normalized spacial score (nSPS) is 11.3. The number of rotatable bonds is 2. The van der Waals surface area contributed by atoms with Crippen LogP contribution in [0.3, 0.4) is 0 Å². The Kier molecular flexibility index (Phi) is 3.44. The van der Waals surface area contributed by atoms with Gasteiger partial charge >= 0.3 is 5.97 Å². The number of methoxy groups -OCH3 is 1. The summed E-state index contributed by atoms with van der Waals surface area (Å²) in [5.41, 5.74) is 3.05. The van der Waals surface area contributed by atoms with Crippen molar-refractivity contribution in [2.75, 3.05) is 7.11 Å². The second kappa shape index (κ2) is 4.59. The Hall–Kier alpha value is -1.84. The van der Waals surface area contributed by atoms with E-state index in [1.54, 1.807) is 12.1 Å². The summed E-state index contributed by atoms with van der Waals surface area (Å²) in [5, 5.41) is 3.59. The van der Waals surface area contributed by atoms with Crippen LogP contribution in [0, 0.1) is 6.92 Å². The molecule has 0 amide bonds. The van der Waals surface area contributed by atoms with Crippen molar-refractivity contribution in [3.8, 4) is 0 Å². The lowest BCUT2D eigenvalue weighted by Gasteiger charge is -2.06. The number of nitrogens with two attached hydrogens (primary N) is 1. The SMILES string of the molecule is COC(=O)c1ccc(C(C)=NN)cc1C. The highest BCUT2D eigenvalue weighted by Crippen LogP contribution is 2.12. The summed E-state index contributed by atoms with van der Waals surface area (Å²) in [6.07, 6.45) is 0. The van der Waals surface area contributed by atoms with Gasteiger partial charge in [-0.15, -0.1) is 0 Å². The van der Waals surface area contributed by atoms with Gasteiger partial charge in [0, 0.05) is 0 Å². The average Bonchev–Trinajstić information content (AvgIpc) is 2.26. The van der Waals surface area contributed by atoms with Crippen molar-refractivity contribution in [1.29, 1.82) is 0 Å². The number of carbonyl (C=O) groups is 1. The maximum Gasteiger partial charge on any atom is 0.338 e. The van der Waals surface area contributed by atoms with Crippen LogP contribution in [-0.2, 0) is 4.74 Å². The fraction of sp³-hybridized carbons (Fsp3) is 0.273. The van der Waals surface area contributed by atoms with Crippen LogP contribution >= 0.6 is 0 Å². The molecule has 0 spiro atoms. The van der Waals surface area contributed by atoms with Crippen molar-refractivity contribution in [3.05, 3.63) is 34.9 Å². The van der Waals surface area contributed by atoms with E-state index in [-0.39, 0.29) is 5.97 Å². The Morgan fingerprint density at radius 2 is 2.13 bits per heavy atom. The van der Waals surface area contributed by atoms with Crippen molar-refractivity contribution in [1.82, 2.24) is 0 Å². The van der Waals surface area contributed by atoms with Gasteiger partial charge in [0.2, 0.25) is 0 Å². The quantitative estimate of drug-likeness (QED) is 0.345. The molecule has 4 nitrogen and oxygen atoms in total. The van der Waals surface area contributed by atoms with Gasteiger partial charge in [-0.2, -0.15) is 5.10 Å². The van der Waals surface area contributed by atoms with E-state index in [1.165, 1.54) is 7.11 Å². The summed E-state index contributed by atoms with van der Waals surface area (Å²) < 4.78 is 4.65. The zero-order valence-electron chi connectivity index (χ0n) is 9.07. The minimum atomic E-state index is -0.332. The predicted molar refractivity (Wildman–Crippen MR) is 58.9 cm³/mol. The van der Waals surface area contributed by atoms with E-state index in [9.17, 15) is 4.79 Å². The Morgan fingerprint density at radius 3 is 2.60 bits per heavy atom. The number of benzene rings is 1. The van der Waals surface area contributed by atoms with E-state index in [1.807, 2.05) is 19.9 Å². The summed E-state index contributed by atoms with van der Waals surface area (Å²) in [7, 11) is 1.36. The minimum Gasteiger partial charge on any atom is -0.465 e. The molecule has 0 aliphatic carbocycles. The van der Waals surface area contributed by atoms with Gasteiger partial charge in [0.1, 0.15) is 0 Å². The first-order valence-corrected chi connectivity index (χ1v) is 4.54. The van der Waals surface area contributed by atoms with Crippen LogP contribution in [0.15, 0.2) is 23.3 Å². The Morgan fingerprint density at radius 1 is 1.47 bits per heavy atom. The van der Waals surface area contributed by atoms with E-state index < -0.39 is 0 Å². The first kappa shape index (κ1) is 11.2. The Bertz CT molecular complexity index is 411. The van der Waals surface area contributed by atoms with Gasteiger partial charge in [0.05, 0.1) is 18.4 Å². The summed E-state index contributed by atoms with van der Waals surface area (Å²) >= 11 is 0. The Balaban J connectivity index is 3.14. The molecule has 0 unspecified atom stereocenters. The molecule has 0 aliphatic rings. The van der Waals surface area contributed by atoms with Gasteiger partial charge in [-0.05, 0) is 37.1 Å². The standard InChI is InChI=1S/C11H14N2O2/c1-7-6-9(8(2)13-12)4-5-10(7)11(14)15-3/h4-6H,12H2,1-3H3. The van der Waals surface area contributed by atoms with E-state index >= 15 is 0 Å². The number of nitrogens with zero attached hydrogens (tertiary/aromatic N) is 1. The number of ether oxygens (including phenoxy) is 1. The zero-order chi connectivity index (χ0) is 11.4. The largest absolute Gasteiger partial charge is 0.465 e. The molecule has 15 heavy (non-hydrogen) atoms. The third kappa shape index (κ3) is 2.34. The van der Waals surface area contributed by atoms with E-state index in [4.69, 9.17) is 5.84 Å². The number of esters is 1. The molecule has 4 heteroatoms. The minimum absolute atomic E-state index is 0.332. The molecular weight excluding hydrogens is 192 g/mol. The summed E-state index contributed by atoms with van der Waals surface area (Å²) in [5.74, 6) is 4.84. The molecule has 0 aromatic heterocycles. The second-order valence-electron chi connectivity index (χ2n) is 3.24. The third-order valence-corrected chi connectivity index (χ3v) is 2.24. The second-order valence-corrected chi connectivity index (χ2v) is 3.24. The molecule has 2 N–H and O–H groups in total. The summed E-state index contributed by atoms with van der Waals surface area (Å²) in [4.78, 5) is 11.3. The Labute approximate surface area is 88.7 Å². The molecule has 0 aliphatic heterocycles. The van der Waals surface area contributed by atoms with E-state index in [2.05, 4.69) is 9.84 Å². The maximum absolute atomic E-state index is 11.3. The fourth-order valence-corrected chi connectivity index (χ4v) is 1.30. The van der Waals surface area contributed by atoms with Crippen molar-refractivity contribution < 1.29 is 9.53 Å². The number of carbonyl (C=O) groups excluding carboxylic acids is 1. The summed E-state index contributed by atoms with van der Waals surface area (Å²) in [6, 6.07) is 5.37. The molecule has 1 aromatic carbocycles. The molecule has 1 aromatic rings. The molecule has 0 radical (unpaired) electrons. The highest BCUT2D eigenvalue weighted by Gasteiger charge is 2.09. The number of hydrogen-bond acceptors (Lipinski definition) is 4. The van der Waals surface area contributed by atoms with E-state index in [0.29, 0.717) is 5.56 Å². The van der Waals surface area contributed by atoms with Crippen LogP contribution in [0.4, 0.5) is 0 Å². The van der Waals surface area contributed by atoms with Crippen molar-refractivity contribution in [2.45, 2.75) is 13.8 Å². The first-order chi connectivity index (χ1) is 7.10. The van der Waals surface area contributed by atoms with Crippen LogP contribution in [0.25, 0.3) is 0 Å². The maximum atomic E-state index is 11.3. The summed E-state index contributed by atoms with van der Waals surface area (Å²) in [6.45, 7) is 3.66. The predicted octanol–water partition coefficient (Wildman–Crippen LogP) is 1.46. The van der Waals surface area contributed by atoms with Crippen LogP contribution in [0.5, 0.6) is 0 Å². The lowest BCUT2D eigenvalue weighted by Crippen LogP contribution is -2.06. The van der Waals surface area contributed by atoms with Crippen LogP contribution in [0.2, 0.25) is 0 Å².